The van der Waals surface area contributed by atoms with E-state index in [0.29, 0.717) is 18.6 Å². The number of amides is 1. The SMILES string of the molecule is CCCCN(CC(F)(F)F)C(=O)[C@H](N)CCSC. The molecule has 0 rings (SSSR count). The summed E-state index contributed by atoms with van der Waals surface area (Å²) in [6.45, 7) is 0.768. The van der Waals surface area contributed by atoms with Crippen LogP contribution in [0.3, 0.4) is 0 Å². The molecule has 0 aromatic carbocycles. The van der Waals surface area contributed by atoms with Crippen LogP contribution in [0, 0.1) is 0 Å². The number of halogens is 3. The topological polar surface area (TPSA) is 46.3 Å². The van der Waals surface area contributed by atoms with Gasteiger partial charge in [-0.05, 0) is 24.9 Å². The van der Waals surface area contributed by atoms with E-state index >= 15 is 0 Å². The summed E-state index contributed by atoms with van der Waals surface area (Å²) in [7, 11) is 0. The Bertz CT molecular complexity index is 249. The molecule has 0 saturated heterocycles. The van der Waals surface area contributed by atoms with Gasteiger partial charge in [0.1, 0.15) is 6.54 Å². The summed E-state index contributed by atoms with van der Waals surface area (Å²) in [6, 6.07) is -0.836. The van der Waals surface area contributed by atoms with Gasteiger partial charge in [0.05, 0.1) is 6.04 Å². The summed E-state index contributed by atoms with van der Waals surface area (Å²) in [5.41, 5.74) is 5.62. The minimum atomic E-state index is -4.37. The zero-order chi connectivity index (χ0) is 14.2. The Kier molecular flexibility index (Phi) is 8.43. The first-order valence-corrected chi connectivity index (χ1v) is 7.31. The number of nitrogens with two attached hydrogens (primary N) is 1. The third-order valence-electron chi connectivity index (χ3n) is 2.41. The molecule has 0 unspecified atom stereocenters. The highest BCUT2D eigenvalue weighted by atomic mass is 32.2. The van der Waals surface area contributed by atoms with Crippen molar-refractivity contribution in [3.63, 3.8) is 0 Å². The lowest BCUT2D eigenvalue weighted by atomic mass is 10.2. The number of nitrogens with zero attached hydrogens (tertiary/aromatic N) is 1. The molecule has 0 spiro atoms. The van der Waals surface area contributed by atoms with E-state index < -0.39 is 24.7 Å². The van der Waals surface area contributed by atoms with Gasteiger partial charge in [0.15, 0.2) is 0 Å². The van der Waals surface area contributed by atoms with Gasteiger partial charge in [-0.1, -0.05) is 13.3 Å². The maximum absolute atomic E-state index is 12.4. The highest BCUT2D eigenvalue weighted by Crippen LogP contribution is 2.17. The number of hydrogen-bond acceptors (Lipinski definition) is 3. The van der Waals surface area contributed by atoms with Crippen LogP contribution in [0.5, 0.6) is 0 Å². The Morgan fingerprint density at radius 2 is 2.06 bits per heavy atom. The zero-order valence-corrected chi connectivity index (χ0v) is 11.6. The lowest BCUT2D eigenvalue weighted by Gasteiger charge is -2.26. The molecule has 0 heterocycles. The van der Waals surface area contributed by atoms with Crippen LogP contribution in [0.4, 0.5) is 13.2 Å². The number of rotatable bonds is 8. The van der Waals surface area contributed by atoms with Gasteiger partial charge in [-0.2, -0.15) is 24.9 Å². The van der Waals surface area contributed by atoms with Gasteiger partial charge in [0.25, 0.3) is 0 Å². The van der Waals surface area contributed by atoms with Crippen molar-refractivity contribution in [3.05, 3.63) is 0 Å². The molecule has 0 fully saturated rings. The smallest absolute Gasteiger partial charge is 0.332 e. The summed E-state index contributed by atoms with van der Waals surface area (Å²) in [5, 5.41) is 0. The summed E-state index contributed by atoms with van der Waals surface area (Å²) >= 11 is 1.52. The van der Waals surface area contributed by atoms with Crippen molar-refractivity contribution in [1.82, 2.24) is 4.90 Å². The molecule has 0 bridgehead atoms. The van der Waals surface area contributed by atoms with E-state index in [0.717, 1.165) is 11.3 Å². The molecular formula is C11H21F3N2OS. The molecule has 0 saturated carbocycles. The van der Waals surface area contributed by atoms with Gasteiger partial charge in [-0.15, -0.1) is 0 Å². The number of alkyl halides is 3. The molecule has 18 heavy (non-hydrogen) atoms. The summed E-state index contributed by atoms with van der Waals surface area (Å²) in [4.78, 5) is 12.7. The van der Waals surface area contributed by atoms with Crippen molar-refractivity contribution in [1.29, 1.82) is 0 Å². The van der Waals surface area contributed by atoms with Crippen LogP contribution >= 0.6 is 11.8 Å². The molecule has 3 nitrogen and oxygen atoms in total. The highest BCUT2D eigenvalue weighted by Gasteiger charge is 2.34. The first-order valence-electron chi connectivity index (χ1n) is 5.91. The summed E-state index contributed by atoms with van der Waals surface area (Å²) in [6.07, 6.45) is -0.816. The second kappa shape index (κ2) is 8.63. The first-order chi connectivity index (χ1) is 8.31. The fraction of sp³-hybridized carbons (Fsp3) is 0.909. The number of unbranched alkanes of at least 4 members (excludes halogenated alkanes) is 1. The van der Waals surface area contributed by atoms with E-state index in [9.17, 15) is 18.0 Å². The molecule has 2 N–H and O–H groups in total. The molecule has 1 amide bonds. The molecule has 1 atom stereocenters. The maximum atomic E-state index is 12.4. The Labute approximate surface area is 110 Å². The van der Waals surface area contributed by atoms with Crippen LogP contribution < -0.4 is 5.73 Å². The number of thioether (sulfide) groups is 1. The lowest BCUT2D eigenvalue weighted by molar-refractivity contribution is -0.162. The minimum Gasteiger partial charge on any atom is -0.332 e. The fourth-order valence-corrected chi connectivity index (χ4v) is 1.92. The Morgan fingerprint density at radius 3 is 2.50 bits per heavy atom. The van der Waals surface area contributed by atoms with Crippen molar-refractivity contribution in [2.75, 3.05) is 25.1 Å². The van der Waals surface area contributed by atoms with Crippen molar-refractivity contribution in [2.45, 2.75) is 38.4 Å². The first kappa shape index (κ1) is 17.6. The minimum absolute atomic E-state index is 0.113. The van der Waals surface area contributed by atoms with Crippen molar-refractivity contribution < 1.29 is 18.0 Å². The van der Waals surface area contributed by atoms with Gasteiger partial charge >= 0.3 is 6.18 Å². The third-order valence-corrected chi connectivity index (χ3v) is 3.06. The molecule has 0 radical (unpaired) electrons. The van der Waals surface area contributed by atoms with Gasteiger partial charge in [-0.3, -0.25) is 4.79 Å². The fourth-order valence-electron chi connectivity index (χ4n) is 1.44. The van der Waals surface area contributed by atoms with E-state index in [4.69, 9.17) is 5.73 Å². The predicted molar refractivity (Wildman–Crippen MR) is 68.5 cm³/mol. The standard InChI is InChI=1S/C11H21F3N2OS/c1-3-4-6-16(8-11(12,13)14)10(17)9(15)5-7-18-2/h9H,3-8,15H2,1-2H3/t9-/m1/s1. The van der Waals surface area contributed by atoms with E-state index in [2.05, 4.69) is 0 Å². The monoisotopic (exact) mass is 286 g/mol. The average molecular weight is 286 g/mol. The zero-order valence-electron chi connectivity index (χ0n) is 10.8. The summed E-state index contributed by atoms with van der Waals surface area (Å²) in [5.74, 6) is 0.0652. The Morgan fingerprint density at radius 1 is 1.44 bits per heavy atom. The van der Waals surface area contributed by atoms with Crippen molar-refractivity contribution in [2.24, 2.45) is 5.73 Å². The molecule has 7 heteroatoms. The number of carbonyl (C=O) groups is 1. The van der Waals surface area contributed by atoms with E-state index in [1.165, 1.54) is 11.8 Å². The van der Waals surface area contributed by atoms with Crippen LogP contribution in [-0.4, -0.2) is 48.1 Å². The molecule has 0 aliphatic heterocycles. The second-order valence-electron chi connectivity index (χ2n) is 4.12. The van der Waals surface area contributed by atoms with Crippen LogP contribution in [0.15, 0.2) is 0 Å². The average Bonchev–Trinajstić information content (AvgIpc) is 2.29. The normalized spacial score (nSPS) is 13.4. The quantitative estimate of drug-likeness (QED) is 0.744. The Balaban J connectivity index is 4.47. The maximum Gasteiger partial charge on any atom is 0.406 e. The van der Waals surface area contributed by atoms with E-state index in [1.807, 2.05) is 13.2 Å². The van der Waals surface area contributed by atoms with Crippen LogP contribution in [0.1, 0.15) is 26.2 Å². The number of hydrogen-bond donors (Lipinski definition) is 1. The molecule has 0 aromatic rings. The molecule has 0 aromatic heterocycles. The predicted octanol–water partition coefficient (Wildman–Crippen LogP) is 2.26. The molecule has 0 aliphatic carbocycles. The molecule has 108 valence electrons. The van der Waals surface area contributed by atoms with Gasteiger partial charge in [0, 0.05) is 6.54 Å². The van der Waals surface area contributed by atoms with Crippen molar-refractivity contribution >= 4 is 17.7 Å². The van der Waals surface area contributed by atoms with E-state index in [-0.39, 0.29) is 6.54 Å². The Hall–Kier alpha value is -0.430. The summed E-state index contributed by atoms with van der Waals surface area (Å²) < 4.78 is 37.1. The van der Waals surface area contributed by atoms with E-state index in [1.54, 1.807) is 0 Å². The van der Waals surface area contributed by atoms with Crippen molar-refractivity contribution in [3.8, 4) is 0 Å². The molecule has 0 aliphatic rings. The molecular weight excluding hydrogens is 265 g/mol. The highest BCUT2D eigenvalue weighted by molar-refractivity contribution is 7.98. The number of carbonyl (C=O) groups excluding carboxylic acids is 1. The third kappa shape index (κ3) is 7.81. The largest absolute Gasteiger partial charge is 0.406 e. The van der Waals surface area contributed by atoms with Gasteiger partial charge in [0.2, 0.25) is 5.91 Å². The lowest BCUT2D eigenvalue weighted by Crippen LogP contribution is -2.48. The van der Waals surface area contributed by atoms with Crippen LogP contribution in [0.25, 0.3) is 0 Å². The second-order valence-corrected chi connectivity index (χ2v) is 5.10. The van der Waals surface area contributed by atoms with Crippen LogP contribution in [0.2, 0.25) is 0 Å². The van der Waals surface area contributed by atoms with Gasteiger partial charge < -0.3 is 10.6 Å². The van der Waals surface area contributed by atoms with Crippen LogP contribution in [-0.2, 0) is 4.79 Å². The van der Waals surface area contributed by atoms with Gasteiger partial charge in [-0.25, -0.2) is 0 Å².